The first kappa shape index (κ1) is 11.3. The van der Waals surface area contributed by atoms with Gasteiger partial charge in [-0.1, -0.05) is 18.7 Å². The molecule has 0 saturated heterocycles. The van der Waals surface area contributed by atoms with E-state index in [-0.39, 0.29) is 5.28 Å². The summed E-state index contributed by atoms with van der Waals surface area (Å²) in [7, 11) is 0. The zero-order valence-corrected chi connectivity index (χ0v) is 10.3. The largest absolute Gasteiger partial charge is 0.395 e. The van der Waals surface area contributed by atoms with E-state index in [1.54, 1.807) is 24.0 Å². The number of nitrogens with two attached hydrogens (primary N) is 1. The topological polar surface area (TPSA) is 63.8 Å². The summed E-state index contributed by atoms with van der Waals surface area (Å²) in [6, 6.07) is 1.74. The number of aromatic nitrogens is 2. The van der Waals surface area contributed by atoms with Crippen LogP contribution in [-0.2, 0) is 0 Å². The van der Waals surface area contributed by atoms with Crippen molar-refractivity contribution in [2.45, 2.75) is 13.3 Å². The van der Waals surface area contributed by atoms with E-state index in [0.29, 0.717) is 11.4 Å². The Morgan fingerprint density at radius 2 is 2.44 bits per heavy atom. The normalized spacial score (nSPS) is 18.0. The first-order valence-corrected chi connectivity index (χ1v) is 6.08. The lowest BCUT2D eigenvalue weighted by molar-refractivity contribution is 0.948. The fourth-order valence-electron chi connectivity index (χ4n) is 1.24. The summed E-state index contributed by atoms with van der Waals surface area (Å²) in [5.41, 5.74) is 8.39. The van der Waals surface area contributed by atoms with E-state index in [2.05, 4.69) is 22.2 Å². The molecule has 4 nitrogen and oxygen atoms in total. The van der Waals surface area contributed by atoms with E-state index in [4.69, 9.17) is 17.3 Å². The summed E-state index contributed by atoms with van der Waals surface area (Å²) in [5.74, 6) is 0. The van der Waals surface area contributed by atoms with Crippen LogP contribution in [0.2, 0.25) is 5.28 Å². The lowest BCUT2D eigenvalue weighted by Gasteiger charge is -2.07. The Kier molecular flexibility index (Phi) is 3.36. The molecule has 0 atom stereocenters. The van der Waals surface area contributed by atoms with Crippen LogP contribution in [0.1, 0.15) is 19.0 Å². The van der Waals surface area contributed by atoms with Crippen molar-refractivity contribution in [1.29, 1.82) is 0 Å². The Balaban J connectivity index is 2.26. The van der Waals surface area contributed by atoms with Gasteiger partial charge in [-0.2, -0.15) is 0 Å². The predicted octanol–water partition coefficient (Wildman–Crippen LogP) is 2.30. The summed E-state index contributed by atoms with van der Waals surface area (Å²) in [4.78, 5) is 7.88. The minimum Gasteiger partial charge on any atom is -0.395 e. The molecule has 1 aliphatic heterocycles. The number of hydrogen-bond donors (Lipinski definition) is 2. The first-order chi connectivity index (χ1) is 7.70. The molecule has 2 rings (SSSR count). The average molecular weight is 255 g/mol. The summed E-state index contributed by atoms with van der Waals surface area (Å²) in [6.45, 7) is 2.08. The van der Waals surface area contributed by atoms with Gasteiger partial charge in [0.05, 0.1) is 11.4 Å². The molecule has 0 aromatic carbocycles. The van der Waals surface area contributed by atoms with Crippen LogP contribution < -0.4 is 11.1 Å². The molecule has 0 spiro atoms. The van der Waals surface area contributed by atoms with Crippen LogP contribution >= 0.6 is 23.4 Å². The Labute approximate surface area is 103 Å². The van der Waals surface area contributed by atoms with Gasteiger partial charge in [0.25, 0.3) is 0 Å². The number of rotatable bonds is 2. The van der Waals surface area contributed by atoms with E-state index in [9.17, 15) is 0 Å². The number of halogens is 1. The zero-order chi connectivity index (χ0) is 11.5. The van der Waals surface area contributed by atoms with Crippen LogP contribution in [0.3, 0.4) is 0 Å². The lowest BCUT2D eigenvalue weighted by atomic mass is 10.3. The number of thioether (sulfide) groups is 1. The predicted molar refractivity (Wildman–Crippen MR) is 67.3 cm³/mol. The fraction of sp³-hybridized carbons (Fsp3) is 0.200. The minimum absolute atomic E-state index is 0.202. The smallest absolute Gasteiger partial charge is 0.222 e. The van der Waals surface area contributed by atoms with Gasteiger partial charge in [0.2, 0.25) is 5.28 Å². The Morgan fingerprint density at radius 3 is 3.06 bits per heavy atom. The van der Waals surface area contributed by atoms with Gasteiger partial charge >= 0.3 is 0 Å². The van der Waals surface area contributed by atoms with Gasteiger partial charge in [0.15, 0.2) is 0 Å². The molecule has 0 unspecified atom stereocenters. The van der Waals surface area contributed by atoms with Crippen molar-refractivity contribution < 1.29 is 0 Å². The van der Waals surface area contributed by atoms with Crippen LogP contribution in [0.4, 0.5) is 0 Å². The third-order valence-electron chi connectivity index (χ3n) is 2.12. The van der Waals surface area contributed by atoms with E-state index < -0.39 is 0 Å². The molecule has 6 heteroatoms. The number of hydrogen-bond acceptors (Lipinski definition) is 5. The van der Waals surface area contributed by atoms with E-state index in [0.717, 1.165) is 17.1 Å². The third kappa shape index (κ3) is 2.31. The quantitative estimate of drug-likeness (QED) is 0.793. The van der Waals surface area contributed by atoms with Gasteiger partial charge in [-0.15, -0.1) is 0 Å². The zero-order valence-electron chi connectivity index (χ0n) is 8.70. The molecule has 84 valence electrons. The number of nitrogens with one attached hydrogen (secondary N) is 1. The highest BCUT2D eigenvalue weighted by molar-refractivity contribution is 8.06. The van der Waals surface area contributed by atoms with Crippen molar-refractivity contribution in [1.82, 2.24) is 15.3 Å². The lowest BCUT2D eigenvalue weighted by Crippen LogP contribution is -2.11. The SMILES string of the molecule is CCC1=CS/C(=C(/N)c2ccnc(Cl)n2)N1. The van der Waals surface area contributed by atoms with E-state index >= 15 is 0 Å². The van der Waals surface area contributed by atoms with Gasteiger partial charge in [0.1, 0.15) is 5.03 Å². The monoisotopic (exact) mass is 254 g/mol. The van der Waals surface area contributed by atoms with Gasteiger partial charge in [0, 0.05) is 11.9 Å². The summed E-state index contributed by atoms with van der Waals surface area (Å²) in [5, 5.41) is 6.38. The van der Waals surface area contributed by atoms with Crippen molar-refractivity contribution >= 4 is 29.1 Å². The Bertz CT molecular complexity index is 470. The summed E-state index contributed by atoms with van der Waals surface area (Å²) < 4.78 is 0. The second-order valence-electron chi connectivity index (χ2n) is 3.19. The molecule has 3 N–H and O–H groups in total. The highest BCUT2D eigenvalue weighted by Gasteiger charge is 2.14. The molecular weight excluding hydrogens is 244 g/mol. The molecule has 0 aliphatic carbocycles. The second kappa shape index (κ2) is 4.76. The molecular formula is C10H11ClN4S. The maximum absolute atomic E-state index is 6.00. The van der Waals surface area contributed by atoms with Gasteiger partial charge in [-0.05, 0) is 29.5 Å². The molecule has 2 heterocycles. The van der Waals surface area contributed by atoms with Crippen LogP contribution in [0.15, 0.2) is 28.4 Å². The highest BCUT2D eigenvalue weighted by Crippen LogP contribution is 2.29. The Hall–Kier alpha value is -1.20. The fourth-order valence-corrected chi connectivity index (χ4v) is 2.29. The maximum Gasteiger partial charge on any atom is 0.222 e. The van der Waals surface area contributed by atoms with E-state index in [1.807, 2.05) is 5.41 Å². The summed E-state index contributed by atoms with van der Waals surface area (Å²) in [6.07, 6.45) is 2.54. The molecule has 16 heavy (non-hydrogen) atoms. The average Bonchev–Trinajstić information content (AvgIpc) is 2.76. The van der Waals surface area contributed by atoms with Crippen LogP contribution in [-0.4, -0.2) is 9.97 Å². The minimum atomic E-state index is 0.202. The molecule has 0 bridgehead atoms. The van der Waals surface area contributed by atoms with Gasteiger partial charge in [-0.25, -0.2) is 9.97 Å². The first-order valence-electron chi connectivity index (χ1n) is 4.82. The summed E-state index contributed by atoms with van der Waals surface area (Å²) >= 11 is 7.27. The van der Waals surface area contributed by atoms with Gasteiger partial charge < -0.3 is 11.1 Å². The molecule has 0 radical (unpaired) electrons. The number of nitrogens with zero attached hydrogens (tertiary/aromatic N) is 2. The highest BCUT2D eigenvalue weighted by atomic mass is 35.5. The third-order valence-corrected chi connectivity index (χ3v) is 3.26. The molecule has 0 amide bonds. The molecule has 1 aromatic heterocycles. The molecule has 1 aromatic rings. The van der Waals surface area contributed by atoms with Crippen LogP contribution in [0, 0.1) is 0 Å². The molecule has 0 saturated carbocycles. The second-order valence-corrected chi connectivity index (χ2v) is 4.41. The van der Waals surface area contributed by atoms with Crippen LogP contribution in [0.25, 0.3) is 5.70 Å². The number of allylic oxidation sites excluding steroid dienone is 1. The molecule has 1 aliphatic rings. The van der Waals surface area contributed by atoms with Crippen LogP contribution in [0.5, 0.6) is 0 Å². The van der Waals surface area contributed by atoms with Crippen molar-refractivity contribution in [3.8, 4) is 0 Å². The Morgan fingerprint density at radius 1 is 1.62 bits per heavy atom. The van der Waals surface area contributed by atoms with Crippen molar-refractivity contribution in [3.05, 3.63) is 39.4 Å². The van der Waals surface area contributed by atoms with Gasteiger partial charge in [-0.3, -0.25) is 0 Å². The van der Waals surface area contributed by atoms with Crippen molar-refractivity contribution in [2.24, 2.45) is 5.73 Å². The van der Waals surface area contributed by atoms with Crippen molar-refractivity contribution in [2.75, 3.05) is 0 Å². The van der Waals surface area contributed by atoms with Crippen molar-refractivity contribution in [3.63, 3.8) is 0 Å². The maximum atomic E-state index is 6.00. The standard InChI is InChI=1S/C10H11ClN4S/c1-2-6-5-16-9(14-6)8(12)7-3-4-13-10(11)15-7/h3-5,14H,2,12H2,1H3/b9-8+. The molecule has 0 fully saturated rings. The van der Waals surface area contributed by atoms with E-state index in [1.165, 1.54) is 0 Å².